The number of fused-ring (bicyclic) bond motifs is 1. The van der Waals surface area contributed by atoms with Crippen LogP contribution < -0.4 is 0 Å². The molecular weight excluding hydrogens is 141 g/mol. The summed E-state index contributed by atoms with van der Waals surface area (Å²) >= 11 is 0. The quantitative estimate of drug-likeness (QED) is 0.500. The number of rotatable bonds is 0. The molecule has 0 fully saturated rings. The Morgan fingerprint density at radius 1 is 1.55 bits per heavy atom. The second kappa shape index (κ2) is 2.16. The van der Waals surface area contributed by atoms with Crippen LogP contribution >= 0.6 is 0 Å². The highest BCUT2D eigenvalue weighted by atomic mass is 19.1. The van der Waals surface area contributed by atoms with E-state index in [0.717, 1.165) is 11.1 Å². The molecule has 56 valence electrons. The Morgan fingerprint density at radius 3 is 3.18 bits per heavy atom. The second-order valence-corrected chi connectivity index (χ2v) is 2.75. The van der Waals surface area contributed by atoms with Gasteiger partial charge >= 0.3 is 0 Å². The largest absolute Gasteiger partial charge is 0.281 e. The first-order valence-corrected chi connectivity index (χ1v) is 3.57. The van der Waals surface area contributed by atoms with Crippen LogP contribution in [0.4, 0.5) is 4.39 Å². The summed E-state index contributed by atoms with van der Waals surface area (Å²) in [7, 11) is 0. The van der Waals surface area contributed by atoms with Crippen molar-refractivity contribution in [2.24, 2.45) is 4.99 Å². The zero-order valence-corrected chi connectivity index (χ0v) is 6.21. The Kier molecular flexibility index (Phi) is 1.28. The molecule has 1 aliphatic heterocycles. The third-order valence-corrected chi connectivity index (χ3v) is 1.93. The minimum Gasteiger partial charge on any atom is -0.281 e. The van der Waals surface area contributed by atoms with Crippen LogP contribution in [-0.4, -0.2) is 12.3 Å². The van der Waals surface area contributed by atoms with Gasteiger partial charge in [0.15, 0.2) is 0 Å². The highest BCUT2D eigenvalue weighted by Gasteiger charge is 2.18. The number of aliphatic imine (C=N–C) groups is 1. The van der Waals surface area contributed by atoms with E-state index in [4.69, 9.17) is 0 Å². The first-order chi connectivity index (χ1) is 5.27. The van der Waals surface area contributed by atoms with E-state index in [0.29, 0.717) is 0 Å². The fourth-order valence-corrected chi connectivity index (χ4v) is 1.31. The van der Waals surface area contributed by atoms with Crippen LogP contribution in [0.3, 0.4) is 0 Å². The summed E-state index contributed by atoms with van der Waals surface area (Å²) in [6.07, 6.45) is 6.58. The average molecular weight is 149 g/mol. The number of halogens is 1. The lowest BCUT2D eigenvalue weighted by Gasteiger charge is -2.08. The first kappa shape index (κ1) is 6.53. The van der Waals surface area contributed by atoms with Crippen LogP contribution in [0.15, 0.2) is 40.2 Å². The van der Waals surface area contributed by atoms with Gasteiger partial charge in [-0.15, -0.1) is 0 Å². The minimum absolute atomic E-state index is 0.0782. The topological polar surface area (TPSA) is 12.4 Å². The predicted octanol–water partition coefficient (Wildman–Crippen LogP) is 2.18. The van der Waals surface area contributed by atoms with E-state index in [1.807, 2.05) is 6.92 Å². The summed E-state index contributed by atoms with van der Waals surface area (Å²) in [5, 5.41) is 0. The lowest BCUT2D eigenvalue weighted by atomic mass is 10.0. The molecule has 0 aromatic rings. The van der Waals surface area contributed by atoms with Gasteiger partial charge in [0.1, 0.15) is 5.83 Å². The molecule has 0 aromatic carbocycles. The monoisotopic (exact) mass is 149 g/mol. The third kappa shape index (κ3) is 0.946. The van der Waals surface area contributed by atoms with Gasteiger partial charge in [-0.2, -0.15) is 0 Å². The molecule has 1 atom stereocenters. The molecule has 0 saturated carbocycles. The molecule has 1 heterocycles. The molecule has 0 amide bonds. The number of allylic oxidation sites excluding steroid dienone is 3. The van der Waals surface area contributed by atoms with Crippen molar-refractivity contribution in [3.05, 3.63) is 35.2 Å². The molecule has 1 aliphatic carbocycles. The van der Waals surface area contributed by atoms with E-state index >= 15 is 0 Å². The number of nitrogens with zero attached hydrogens (tertiary/aromatic N) is 1. The Balaban J connectivity index is 2.46. The van der Waals surface area contributed by atoms with Crippen molar-refractivity contribution in [1.29, 1.82) is 0 Å². The normalized spacial score (nSPS) is 27.5. The summed E-state index contributed by atoms with van der Waals surface area (Å²) in [6.45, 7) is 1.95. The van der Waals surface area contributed by atoms with Crippen LogP contribution in [0, 0.1) is 0 Å². The zero-order valence-electron chi connectivity index (χ0n) is 6.21. The summed E-state index contributed by atoms with van der Waals surface area (Å²) in [6, 6.07) is 0.0782. The summed E-state index contributed by atoms with van der Waals surface area (Å²) in [5.74, 6) is -0.180. The lowest BCUT2D eigenvalue weighted by molar-refractivity contribution is 0.658. The maximum Gasteiger partial charge on any atom is 0.123 e. The van der Waals surface area contributed by atoms with Gasteiger partial charge in [-0.3, -0.25) is 4.99 Å². The van der Waals surface area contributed by atoms with Crippen molar-refractivity contribution in [3.8, 4) is 0 Å². The molecule has 0 saturated heterocycles. The van der Waals surface area contributed by atoms with Crippen molar-refractivity contribution in [2.45, 2.75) is 13.0 Å². The Bertz CT molecular complexity index is 308. The molecule has 2 rings (SSSR count). The second-order valence-electron chi connectivity index (χ2n) is 2.75. The average Bonchev–Trinajstić information content (AvgIpc) is 2.33. The molecule has 0 aromatic heterocycles. The van der Waals surface area contributed by atoms with E-state index in [1.54, 1.807) is 18.4 Å². The molecule has 0 N–H and O–H groups in total. The molecule has 2 heteroatoms. The van der Waals surface area contributed by atoms with E-state index in [-0.39, 0.29) is 11.9 Å². The molecular formula is C9H8FN. The van der Waals surface area contributed by atoms with Gasteiger partial charge in [0.2, 0.25) is 0 Å². The Morgan fingerprint density at radius 2 is 2.36 bits per heavy atom. The summed E-state index contributed by atoms with van der Waals surface area (Å²) < 4.78 is 12.7. The van der Waals surface area contributed by atoms with Gasteiger partial charge in [-0.05, 0) is 30.2 Å². The first-order valence-electron chi connectivity index (χ1n) is 3.57. The molecule has 0 unspecified atom stereocenters. The van der Waals surface area contributed by atoms with Gasteiger partial charge in [0, 0.05) is 6.21 Å². The molecule has 1 nitrogen and oxygen atoms in total. The molecule has 0 bridgehead atoms. The van der Waals surface area contributed by atoms with Gasteiger partial charge in [0.25, 0.3) is 0 Å². The maximum absolute atomic E-state index is 12.7. The number of hydrogen-bond donors (Lipinski definition) is 0. The molecule has 0 spiro atoms. The Labute approximate surface area is 64.6 Å². The molecule has 2 aliphatic rings. The van der Waals surface area contributed by atoms with Crippen LogP contribution in [0.25, 0.3) is 0 Å². The Hall–Kier alpha value is -1.18. The van der Waals surface area contributed by atoms with Gasteiger partial charge in [-0.1, -0.05) is 6.08 Å². The fourth-order valence-electron chi connectivity index (χ4n) is 1.31. The van der Waals surface area contributed by atoms with Crippen molar-refractivity contribution in [1.82, 2.24) is 0 Å². The van der Waals surface area contributed by atoms with Crippen LogP contribution in [-0.2, 0) is 0 Å². The van der Waals surface area contributed by atoms with E-state index in [9.17, 15) is 4.39 Å². The van der Waals surface area contributed by atoms with E-state index in [2.05, 4.69) is 4.99 Å². The van der Waals surface area contributed by atoms with Crippen molar-refractivity contribution in [2.75, 3.05) is 0 Å². The van der Waals surface area contributed by atoms with Gasteiger partial charge < -0.3 is 0 Å². The van der Waals surface area contributed by atoms with Crippen LogP contribution in [0.5, 0.6) is 0 Å². The molecule has 11 heavy (non-hydrogen) atoms. The van der Waals surface area contributed by atoms with Gasteiger partial charge in [0.05, 0.1) is 6.04 Å². The fraction of sp³-hybridized carbons (Fsp3) is 0.222. The third-order valence-electron chi connectivity index (χ3n) is 1.93. The highest BCUT2D eigenvalue weighted by Crippen LogP contribution is 2.25. The smallest absolute Gasteiger partial charge is 0.123 e. The maximum atomic E-state index is 12.7. The SMILES string of the molecule is CC1=C2C=C(F)C=C[C@H]2N=C1. The van der Waals surface area contributed by atoms with Crippen molar-refractivity contribution < 1.29 is 4.39 Å². The van der Waals surface area contributed by atoms with Gasteiger partial charge in [-0.25, -0.2) is 4.39 Å². The van der Waals surface area contributed by atoms with Crippen LogP contribution in [0.1, 0.15) is 6.92 Å². The lowest BCUT2D eigenvalue weighted by Crippen LogP contribution is -2.03. The van der Waals surface area contributed by atoms with E-state index < -0.39 is 0 Å². The predicted molar refractivity (Wildman–Crippen MR) is 43.3 cm³/mol. The van der Waals surface area contributed by atoms with E-state index in [1.165, 1.54) is 6.08 Å². The summed E-state index contributed by atoms with van der Waals surface area (Å²) in [4.78, 5) is 4.18. The standard InChI is InChI=1S/C9H8FN/c1-6-5-11-9-3-2-7(10)4-8(6)9/h2-5,9H,1H3/t9-/m1/s1. The highest BCUT2D eigenvalue weighted by molar-refractivity contribution is 5.84. The van der Waals surface area contributed by atoms with Crippen LogP contribution in [0.2, 0.25) is 0 Å². The van der Waals surface area contributed by atoms with Crippen molar-refractivity contribution >= 4 is 6.21 Å². The minimum atomic E-state index is -0.180. The molecule has 0 radical (unpaired) electrons. The summed E-state index contributed by atoms with van der Waals surface area (Å²) in [5.41, 5.74) is 2.06. The van der Waals surface area contributed by atoms with Crippen molar-refractivity contribution in [3.63, 3.8) is 0 Å². The number of hydrogen-bond acceptors (Lipinski definition) is 1. The zero-order chi connectivity index (χ0) is 7.84.